The fourth-order valence-corrected chi connectivity index (χ4v) is 3.41. The smallest absolute Gasteiger partial charge is 0.227 e. The molecule has 0 aliphatic carbocycles. The van der Waals surface area contributed by atoms with Gasteiger partial charge >= 0.3 is 0 Å². The average Bonchev–Trinajstić information content (AvgIpc) is 2.79. The number of hydrogen-bond donors (Lipinski definition) is 0. The van der Waals surface area contributed by atoms with Crippen molar-refractivity contribution in [3.63, 3.8) is 0 Å². The number of benzene rings is 1. The van der Waals surface area contributed by atoms with Crippen LogP contribution in [0.1, 0.15) is 57.6 Å². The Morgan fingerprint density at radius 1 is 1.43 bits per heavy atom. The second-order valence-corrected chi connectivity index (χ2v) is 7.39. The summed E-state index contributed by atoms with van der Waals surface area (Å²) in [5.41, 5.74) is 3.84. The summed E-state index contributed by atoms with van der Waals surface area (Å²) in [7, 11) is 0. The summed E-state index contributed by atoms with van der Waals surface area (Å²) >= 11 is 3.71. The molecular formula is C18H26BrNO. The van der Waals surface area contributed by atoms with Crippen molar-refractivity contribution < 1.29 is 4.79 Å². The van der Waals surface area contributed by atoms with E-state index < -0.39 is 0 Å². The summed E-state index contributed by atoms with van der Waals surface area (Å²) in [6.45, 7) is 6.48. The SMILES string of the molecule is CCCCC(=O)N1c2ccc(CC(Br)CC)cc2CC1C. The number of anilines is 1. The monoisotopic (exact) mass is 351 g/mol. The molecule has 0 saturated heterocycles. The zero-order chi connectivity index (χ0) is 15.4. The standard InChI is InChI=1S/C18H26BrNO/c1-4-6-7-18(21)20-13(3)10-15-11-14(8-9-17(15)20)12-16(19)5-2/h8-9,11,13,16H,4-7,10,12H2,1-3H3. The number of carbonyl (C=O) groups excluding carboxylic acids is 1. The van der Waals surface area contributed by atoms with Gasteiger partial charge in [0.25, 0.3) is 0 Å². The number of hydrogen-bond acceptors (Lipinski definition) is 1. The lowest BCUT2D eigenvalue weighted by atomic mass is 10.0. The molecule has 0 aromatic heterocycles. The van der Waals surface area contributed by atoms with E-state index in [1.165, 1.54) is 11.1 Å². The average molecular weight is 352 g/mol. The van der Waals surface area contributed by atoms with E-state index in [4.69, 9.17) is 0 Å². The van der Waals surface area contributed by atoms with E-state index in [1.54, 1.807) is 0 Å². The molecule has 2 unspecified atom stereocenters. The molecule has 0 spiro atoms. The van der Waals surface area contributed by atoms with Crippen LogP contribution < -0.4 is 4.90 Å². The molecule has 0 bridgehead atoms. The number of alkyl halides is 1. The molecule has 1 aliphatic rings. The van der Waals surface area contributed by atoms with E-state index in [-0.39, 0.29) is 5.91 Å². The minimum absolute atomic E-state index is 0.280. The highest BCUT2D eigenvalue weighted by Crippen LogP contribution is 2.34. The molecule has 1 aromatic carbocycles. The number of nitrogens with zero attached hydrogens (tertiary/aromatic N) is 1. The lowest BCUT2D eigenvalue weighted by Gasteiger charge is -2.22. The Hall–Kier alpha value is -0.830. The number of halogens is 1. The van der Waals surface area contributed by atoms with Crippen molar-refractivity contribution in [2.75, 3.05) is 4.90 Å². The van der Waals surface area contributed by atoms with Crippen LogP contribution in [-0.4, -0.2) is 16.8 Å². The zero-order valence-electron chi connectivity index (χ0n) is 13.4. The molecule has 21 heavy (non-hydrogen) atoms. The molecule has 0 fully saturated rings. The molecular weight excluding hydrogens is 326 g/mol. The maximum Gasteiger partial charge on any atom is 0.227 e. The highest BCUT2D eigenvalue weighted by Gasteiger charge is 2.30. The number of rotatable bonds is 6. The predicted molar refractivity (Wildman–Crippen MR) is 93.3 cm³/mol. The Morgan fingerprint density at radius 2 is 2.19 bits per heavy atom. The number of amides is 1. The first-order chi connectivity index (χ1) is 10.1. The van der Waals surface area contributed by atoms with Crippen molar-refractivity contribution >= 4 is 27.5 Å². The zero-order valence-corrected chi connectivity index (χ0v) is 14.9. The molecule has 0 saturated carbocycles. The first-order valence-corrected chi connectivity index (χ1v) is 9.06. The Morgan fingerprint density at radius 3 is 2.86 bits per heavy atom. The van der Waals surface area contributed by atoms with Gasteiger partial charge in [-0.15, -0.1) is 0 Å². The Balaban J connectivity index is 2.16. The molecule has 1 aliphatic heterocycles. The van der Waals surface area contributed by atoms with E-state index in [2.05, 4.69) is 54.9 Å². The van der Waals surface area contributed by atoms with Gasteiger partial charge in [0.05, 0.1) is 0 Å². The van der Waals surface area contributed by atoms with Crippen molar-refractivity contribution in [2.45, 2.75) is 70.2 Å². The third kappa shape index (κ3) is 3.88. The van der Waals surface area contributed by atoms with Gasteiger partial charge in [0, 0.05) is 23.0 Å². The van der Waals surface area contributed by atoms with Gasteiger partial charge in [-0.25, -0.2) is 0 Å². The summed E-state index contributed by atoms with van der Waals surface area (Å²) < 4.78 is 0. The first kappa shape index (κ1) is 16.5. The number of carbonyl (C=O) groups is 1. The van der Waals surface area contributed by atoms with Crippen molar-refractivity contribution in [3.8, 4) is 0 Å². The minimum atomic E-state index is 0.280. The van der Waals surface area contributed by atoms with Crippen LogP contribution in [0.4, 0.5) is 5.69 Å². The molecule has 2 atom stereocenters. The van der Waals surface area contributed by atoms with Gasteiger partial charge in [0.2, 0.25) is 5.91 Å². The fourth-order valence-electron chi connectivity index (χ4n) is 3.04. The maximum atomic E-state index is 12.4. The summed E-state index contributed by atoms with van der Waals surface area (Å²) in [5, 5.41) is 0. The quantitative estimate of drug-likeness (QED) is 0.669. The Kier molecular flexibility index (Phi) is 5.86. The van der Waals surface area contributed by atoms with Gasteiger partial charge in [-0.1, -0.05) is 48.3 Å². The maximum absolute atomic E-state index is 12.4. The van der Waals surface area contributed by atoms with Crippen LogP contribution in [0.3, 0.4) is 0 Å². The lowest BCUT2D eigenvalue weighted by molar-refractivity contribution is -0.119. The molecule has 2 nitrogen and oxygen atoms in total. The van der Waals surface area contributed by atoms with E-state index in [9.17, 15) is 4.79 Å². The summed E-state index contributed by atoms with van der Waals surface area (Å²) in [5.74, 6) is 0.280. The van der Waals surface area contributed by atoms with Crippen LogP contribution >= 0.6 is 15.9 Å². The van der Waals surface area contributed by atoms with E-state index >= 15 is 0 Å². The number of unbranched alkanes of at least 4 members (excludes halogenated alkanes) is 1. The molecule has 0 N–H and O–H groups in total. The summed E-state index contributed by atoms with van der Waals surface area (Å²) in [4.78, 5) is 15.0. The highest BCUT2D eigenvalue weighted by atomic mass is 79.9. The van der Waals surface area contributed by atoms with Crippen molar-refractivity contribution in [3.05, 3.63) is 29.3 Å². The van der Waals surface area contributed by atoms with E-state index in [0.717, 1.165) is 37.8 Å². The van der Waals surface area contributed by atoms with Gasteiger partial charge in [-0.3, -0.25) is 4.79 Å². The van der Waals surface area contributed by atoms with Crippen molar-refractivity contribution in [1.29, 1.82) is 0 Å². The fraction of sp³-hybridized carbons (Fsp3) is 0.611. The van der Waals surface area contributed by atoms with Crippen LogP contribution in [0.5, 0.6) is 0 Å². The van der Waals surface area contributed by atoms with Gasteiger partial charge in [-0.05, 0) is 49.8 Å². The van der Waals surface area contributed by atoms with Crippen molar-refractivity contribution in [2.24, 2.45) is 0 Å². The first-order valence-electron chi connectivity index (χ1n) is 8.14. The number of fused-ring (bicyclic) bond motifs is 1. The van der Waals surface area contributed by atoms with Crippen LogP contribution in [-0.2, 0) is 17.6 Å². The highest BCUT2D eigenvalue weighted by molar-refractivity contribution is 9.09. The lowest BCUT2D eigenvalue weighted by Crippen LogP contribution is -2.35. The van der Waals surface area contributed by atoms with Crippen LogP contribution in [0.25, 0.3) is 0 Å². The second-order valence-electron chi connectivity index (χ2n) is 6.09. The Labute approximate surface area is 137 Å². The third-order valence-corrected chi connectivity index (χ3v) is 5.24. The third-order valence-electron chi connectivity index (χ3n) is 4.27. The molecule has 2 rings (SSSR count). The minimum Gasteiger partial charge on any atom is -0.309 e. The van der Waals surface area contributed by atoms with Gasteiger partial charge < -0.3 is 4.90 Å². The largest absolute Gasteiger partial charge is 0.309 e. The van der Waals surface area contributed by atoms with E-state index in [1.807, 2.05) is 4.90 Å². The topological polar surface area (TPSA) is 20.3 Å². The van der Waals surface area contributed by atoms with Crippen LogP contribution in [0.15, 0.2) is 18.2 Å². The van der Waals surface area contributed by atoms with E-state index in [0.29, 0.717) is 17.3 Å². The van der Waals surface area contributed by atoms with Crippen LogP contribution in [0.2, 0.25) is 0 Å². The predicted octanol–water partition coefficient (Wildman–Crippen LogP) is 4.87. The van der Waals surface area contributed by atoms with Gasteiger partial charge in [-0.2, -0.15) is 0 Å². The molecule has 1 amide bonds. The normalized spacial score (nSPS) is 18.7. The van der Waals surface area contributed by atoms with Crippen molar-refractivity contribution in [1.82, 2.24) is 0 Å². The molecule has 3 heteroatoms. The molecule has 116 valence electrons. The molecule has 1 heterocycles. The summed E-state index contributed by atoms with van der Waals surface area (Å²) in [6, 6.07) is 6.92. The summed E-state index contributed by atoms with van der Waals surface area (Å²) in [6.07, 6.45) is 5.90. The van der Waals surface area contributed by atoms with Gasteiger partial charge in [0.1, 0.15) is 0 Å². The van der Waals surface area contributed by atoms with Crippen LogP contribution in [0, 0.1) is 0 Å². The molecule has 1 aromatic rings. The van der Waals surface area contributed by atoms with Gasteiger partial charge in [0.15, 0.2) is 0 Å². The second kappa shape index (κ2) is 7.44. The Bertz CT molecular complexity index is 500. The molecule has 0 radical (unpaired) electrons.